The van der Waals surface area contributed by atoms with Gasteiger partial charge in [0, 0.05) is 30.1 Å². The van der Waals surface area contributed by atoms with E-state index in [4.69, 9.17) is 11.6 Å². The molecule has 0 saturated carbocycles. The first-order valence-electron chi connectivity index (χ1n) is 6.40. The fourth-order valence-corrected chi connectivity index (χ4v) is 2.35. The lowest BCUT2D eigenvalue weighted by molar-refractivity contribution is -0.119. The number of benzene rings is 1. The van der Waals surface area contributed by atoms with Crippen LogP contribution in [0, 0.1) is 0 Å². The van der Waals surface area contributed by atoms with Crippen molar-refractivity contribution in [1.82, 2.24) is 10.6 Å². The second kappa shape index (κ2) is 6.21. The fourth-order valence-electron chi connectivity index (χ4n) is 2.22. The van der Waals surface area contributed by atoms with Gasteiger partial charge in [0.15, 0.2) is 0 Å². The predicted octanol–water partition coefficient (Wildman–Crippen LogP) is 2.14. The minimum atomic E-state index is 0.173. The summed E-state index contributed by atoms with van der Waals surface area (Å²) in [6.07, 6.45) is 2.58. The molecule has 1 saturated heterocycles. The molecule has 2 rings (SSSR count). The maximum absolute atomic E-state index is 11.1. The van der Waals surface area contributed by atoms with Crippen molar-refractivity contribution in [1.29, 1.82) is 0 Å². The van der Waals surface area contributed by atoms with E-state index in [2.05, 4.69) is 29.7 Å². The minimum Gasteiger partial charge on any atom is -0.352 e. The van der Waals surface area contributed by atoms with E-state index in [1.54, 1.807) is 0 Å². The zero-order valence-corrected chi connectivity index (χ0v) is 11.3. The highest BCUT2D eigenvalue weighted by atomic mass is 35.5. The average Bonchev–Trinajstić information content (AvgIpc) is 2.76. The van der Waals surface area contributed by atoms with Crippen molar-refractivity contribution in [3.63, 3.8) is 0 Å². The Kier molecular flexibility index (Phi) is 4.61. The van der Waals surface area contributed by atoms with Crippen molar-refractivity contribution in [3.8, 4) is 0 Å². The van der Waals surface area contributed by atoms with Gasteiger partial charge < -0.3 is 10.6 Å². The molecule has 0 bridgehead atoms. The molecule has 1 aliphatic heterocycles. The van der Waals surface area contributed by atoms with Crippen LogP contribution in [0.2, 0.25) is 5.02 Å². The first kappa shape index (κ1) is 13.4. The summed E-state index contributed by atoms with van der Waals surface area (Å²) in [4.78, 5) is 11.1. The predicted molar refractivity (Wildman–Crippen MR) is 73.8 cm³/mol. The van der Waals surface area contributed by atoms with Crippen molar-refractivity contribution < 1.29 is 4.79 Å². The second-order valence-electron chi connectivity index (χ2n) is 4.94. The molecule has 1 fully saturated rings. The molecule has 0 spiro atoms. The summed E-state index contributed by atoms with van der Waals surface area (Å²) in [5.74, 6) is 0.173. The first-order chi connectivity index (χ1) is 8.63. The zero-order chi connectivity index (χ0) is 13.0. The Morgan fingerprint density at radius 1 is 1.44 bits per heavy atom. The maximum atomic E-state index is 11.1. The van der Waals surface area contributed by atoms with Crippen molar-refractivity contribution in [3.05, 3.63) is 34.9 Å². The smallest absolute Gasteiger partial charge is 0.220 e. The van der Waals surface area contributed by atoms with Crippen LogP contribution in [0.5, 0.6) is 0 Å². The van der Waals surface area contributed by atoms with E-state index in [9.17, 15) is 4.79 Å². The average molecular weight is 267 g/mol. The normalized spacial score (nSPS) is 20.8. The second-order valence-corrected chi connectivity index (χ2v) is 5.38. The van der Waals surface area contributed by atoms with Gasteiger partial charge in [0.25, 0.3) is 0 Å². The third-order valence-electron chi connectivity index (χ3n) is 3.25. The fraction of sp³-hybridized carbons (Fsp3) is 0.500. The third-order valence-corrected chi connectivity index (χ3v) is 3.50. The lowest BCUT2D eigenvalue weighted by Crippen LogP contribution is -2.40. The number of carbonyl (C=O) groups excluding carboxylic acids is 1. The molecular formula is C14H19ClN2O. The van der Waals surface area contributed by atoms with E-state index in [0.717, 1.165) is 24.4 Å². The quantitative estimate of drug-likeness (QED) is 0.857. The van der Waals surface area contributed by atoms with Crippen molar-refractivity contribution >= 4 is 17.5 Å². The van der Waals surface area contributed by atoms with Gasteiger partial charge in [-0.15, -0.1) is 0 Å². The van der Waals surface area contributed by atoms with Gasteiger partial charge >= 0.3 is 0 Å². The van der Waals surface area contributed by atoms with Crippen LogP contribution in [0.1, 0.15) is 25.3 Å². The highest BCUT2D eigenvalue weighted by Gasteiger charge is 2.20. The molecule has 2 unspecified atom stereocenters. The van der Waals surface area contributed by atoms with E-state index in [0.29, 0.717) is 18.5 Å². The van der Waals surface area contributed by atoms with Gasteiger partial charge in [-0.2, -0.15) is 0 Å². The summed E-state index contributed by atoms with van der Waals surface area (Å²) in [6, 6.07) is 8.63. The van der Waals surface area contributed by atoms with Crippen LogP contribution in [-0.2, 0) is 11.2 Å². The van der Waals surface area contributed by atoms with Crippen LogP contribution < -0.4 is 10.6 Å². The Morgan fingerprint density at radius 2 is 2.17 bits per heavy atom. The number of hydrogen-bond donors (Lipinski definition) is 2. The Morgan fingerprint density at radius 3 is 2.78 bits per heavy atom. The van der Waals surface area contributed by atoms with E-state index < -0.39 is 0 Å². The Balaban J connectivity index is 1.73. The molecule has 4 heteroatoms. The van der Waals surface area contributed by atoms with Crippen molar-refractivity contribution in [2.45, 2.75) is 38.3 Å². The number of amides is 1. The molecule has 2 N–H and O–H groups in total. The third kappa shape index (κ3) is 4.00. The van der Waals surface area contributed by atoms with E-state index in [-0.39, 0.29) is 5.91 Å². The molecule has 1 aromatic rings. The Labute approximate surface area is 113 Å². The SMILES string of the molecule is CC(Cc1ccc(Cl)cc1)NCC1CCC(=O)N1. The molecule has 1 amide bonds. The monoisotopic (exact) mass is 266 g/mol. The molecule has 0 aliphatic carbocycles. The summed E-state index contributed by atoms with van der Waals surface area (Å²) >= 11 is 5.85. The van der Waals surface area contributed by atoms with Crippen LogP contribution in [0.3, 0.4) is 0 Å². The van der Waals surface area contributed by atoms with E-state index in [1.807, 2.05) is 12.1 Å². The highest BCUT2D eigenvalue weighted by Crippen LogP contribution is 2.11. The summed E-state index contributed by atoms with van der Waals surface area (Å²) in [5, 5.41) is 7.19. The maximum Gasteiger partial charge on any atom is 0.220 e. The van der Waals surface area contributed by atoms with Crippen LogP contribution in [0.15, 0.2) is 24.3 Å². The summed E-state index contributed by atoms with van der Waals surface area (Å²) < 4.78 is 0. The standard InChI is InChI=1S/C14H19ClN2O/c1-10(8-11-2-4-12(15)5-3-11)16-9-13-6-7-14(18)17-13/h2-5,10,13,16H,6-9H2,1H3,(H,17,18). The molecule has 18 heavy (non-hydrogen) atoms. The zero-order valence-electron chi connectivity index (χ0n) is 10.6. The number of nitrogens with one attached hydrogen (secondary N) is 2. The van der Waals surface area contributed by atoms with Crippen LogP contribution in [0.25, 0.3) is 0 Å². The Hall–Kier alpha value is -1.06. The number of rotatable bonds is 5. The lowest BCUT2D eigenvalue weighted by Gasteiger charge is -2.17. The molecule has 1 heterocycles. The van der Waals surface area contributed by atoms with Crippen LogP contribution >= 0.6 is 11.6 Å². The Bertz CT molecular complexity index is 405. The first-order valence-corrected chi connectivity index (χ1v) is 6.78. The molecule has 2 atom stereocenters. The topological polar surface area (TPSA) is 41.1 Å². The minimum absolute atomic E-state index is 0.173. The highest BCUT2D eigenvalue weighted by molar-refractivity contribution is 6.30. The van der Waals surface area contributed by atoms with Gasteiger partial charge in [0.2, 0.25) is 5.91 Å². The molecule has 0 radical (unpaired) electrons. The van der Waals surface area contributed by atoms with Crippen LogP contribution in [0.4, 0.5) is 0 Å². The summed E-state index contributed by atoms with van der Waals surface area (Å²) in [6.45, 7) is 3.01. The van der Waals surface area contributed by atoms with Gasteiger partial charge in [0.05, 0.1) is 0 Å². The molecule has 1 aromatic carbocycles. The van der Waals surface area contributed by atoms with Gasteiger partial charge in [-0.3, -0.25) is 4.79 Å². The van der Waals surface area contributed by atoms with Crippen molar-refractivity contribution in [2.24, 2.45) is 0 Å². The van der Waals surface area contributed by atoms with E-state index >= 15 is 0 Å². The van der Waals surface area contributed by atoms with Crippen LogP contribution in [-0.4, -0.2) is 24.5 Å². The summed E-state index contributed by atoms with van der Waals surface area (Å²) in [7, 11) is 0. The van der Waals surface area contributed by atoms with Gasteiger partial charge in [-0.05, 0) is 37.5 Å². The number of carbonyl (C=O) groups is 1. The number of halogens is 1. The lowest BCUT2D eigenvalue weighted by atomic mass is 10.1. The number of hydrogen-bond acceptors (Lipinski definition) is 2. The van der Waals surface area contributed by atoms with Gasteiger partial charge in [-0.25, -0.2) is 0 Å². The molecule has 3 nitrogen and oxygen atoms in total. The van der Waals surface area contributed by atoms with Crippen molar-refractivity contribution in [2.75, 3.05) is 6.54 Å². The van der Waals surface area contributed by atoms with Gasteiger partial charge in [-0.1, -0.05) is 23.7 Å². The molecule has 98 valence electrons. The van der Waals surface area contributed by atoms with E-state index in [1.165, 1.54) is 5.56 Å². The molecule has 1 aliphatic rings. The van der Waals surface area contributed by atoms with Gasteiger partial charge in [0.1, 0.15) is 0 Å². The summed E-state index contributed by atoms with van der Waals surface area (Å²) in [5.41, 5.74) is 1.27. The molecular weight excluding hydrogens is 248 g/mol. The molecule has 0 aromatic heterocycles. The largest absolute Gasteiger partial charge is 0.352 e.